The van der Waals surface area contributed by atoms with Gasteiger partial charge in [0.25, 0.3) is 0 Å². The zero-order valence-corrected chi connectivity index (χ0v) is 12.9. The second-order valence-corrected chi connectivity index (χ2v) is 5.33. The third kappa shape index (κ3) is 4.03. The van der Waals surface area contributed by atoms with Crippen LogP contribution < -0.4 is 5.32 Å². The summed E-state index contributed by atoms with van der Waals surface area (Å²) in [5, 5.41) is 3.21. The van der Waals surface area contributed by atoms with Crippen molar-refractivity contribution in [3.05, 3.63) is 78.5 Å². The molecular formula is C19H13F3N2O. The van der Waals surface area contributed by atoms with Crippen molar-refractivity contribution in [3.63, 3.8) is 0 Å². The first kappa shape index (κ1) is 16.7. The average Bonchev–Trinajstić information content (AvgIpc) is 2.59. The predicted molar refractivity (Wildman–Crippen MR) is 90.8 cm³/mol. The van der Waals surface area contributed by atoms with Gasteiger partial charge in [-0.25, -0.2) is 0 Å². The van der Waals surface area contributed by atoms with Crippen LogP contribution in [0.1, 0.15) is 5.56 Å². The number of nitrogens with zero attached hydrogens (tertiary/aromatic N) is 1. The number of allylic oxidation sites excluding steroid dienone is 1. The fourth-order valence-corrected chi connectivity index (χ4v) is 2.40. The van der Waals surface area contributed by atoms with Crippen LogP contribution in [-0.4, -0.2) is 17.1 Å². The SMILES string of the molecule is O=C(/C=C(/c1ccccc1)C(F)(F)F)Nc1cnc2ccccc2c1. The number of carbonyl (C=O) groups excluding carboxylic acids is 1. The van der Waals surface area contributed by atoms with Crippen LogP contribution in [0, 0.1) is 0 Å². The Labute approximate surface area is 141 Å². The molecule has 1 amide bonds. The van der Waals surface area contributed by atoms with Gasteiger partial charge in [0, 0.05) is 11.5 Å². The average molecular weight is 342 g/mol. The number of fused-ring (bicyclic) bond motifs is 1. The molecule has 1 N–H and O–H groups in total. The van der Waals surface area contributed by atoms with Crippen LogP contribution in [0.5, 0.6) is 0 Å². The second kappa shape index (κ2) is 6.76. The van der Waals surface area contributed by atoms with E-state index in [2.05, 4.69) is 10.3 Å². The molecule has 0 unspecified atom stereocenters. The van der Waals surface area contributed by atoms with Gasteiger partial charge in [-0.15, -0.1) is 0 Å². The highest BCUT2D eigenvalue weighted by atomic mass is 19.4. The molecule has 0 aliphatic rings. The fourth-order valence-electron chi connectivity index (χ4n) is 2.40. The van der Waals surface area contributed by atoms with Crippen molar-refractivity contribution in [1.29, 1.82) is 0 Å². The van der Waals surface area contributed by atoms with Crippen LogP contribution in [-0.2, 0) is 4.79 Å². The molecule has 0 aliphatic heterocycles. The molecule has 0 saturated carbocycles. The number of para-hydroxylation sites is 1. The Hall–Kier alpha value is -3.15. The van der Waals surface area contributed by atoms with Crippen molar-refractivity contribution >= 4 is 28.1 Å². The highest BCUT2D eigenvalue weighted by Gasteiger charge is 2.35. The number of hydrogen-bond acceptors (Lipinski definition) is 2. The van der Waals surface area contributed by atoms with Crippen LogP contribution in [0.3, 0.4) is 0 Å². The molecule has 3 nitrogen and oxygen atoms in total. The molecule has 0 atom stereocenters. The van der Waals surface area contributed by atoms with Crippen LogP contribution in [0.2, 0.25) is 0 Å². The maximum absolute atomic E-state index is 13.3. The van der Waals surface area contributed by atoms with E-state index in [4.69, 9.17) is 0 Å². The molecule has 0 aliphatic carbocycles. The Bertz CT molecular complexity index is 934. The maximum Gasteiger partial charge on any atom is 0.417 e. The lowest BCUT2D eigenvalue weighted by atomic mass is 10.1. The molecule has 0 saturated heterocycles. The van der Waals surface area contributed by atoms with Crippen LogP contribution in [0.15, 0.2) is 72.9 Å². The number of alkyl halides is 3. The normalized spacial score (nSPS) is 12.2. The Morgan fingerprint density at radius 1 is 1.00 bits per heavy atom. The lowest BCUT2D eigenvalue weighted by Gasteiger charge is -2.12. The van der Waals surface area contributed by atoms with E-state index in [0.717, 1.165) is 10.9 Å². The molecule has 0 radical (unpaired) electrons. The van der Waals surface area contributed by atoms with Crippen LogP contribution in [0.4, 0.5) is 18.9 Å². The minimum Gasteiger partial charge on any atom is -0.321 e. The summed E-state index contributed by atoms with van der Waals surface area (Å²) in [5.74, 6) is -0.867. The van der Waals surface area contributed by atoms with Gasteiger partial charge >= 0.3 is 6.18 Å². The molecule has 1 heterocycles. The number of nitrogens with one attached hydrogen (secondary N) is 1. The number of rotatable bonds is 3. The first-order valence-electron chi connectivity index (χ1n) is 7.43. The molecule has 25 heavy (non-hydrogen) atoms. The standard InChI is InChI=1S/C19H13F3N2O/c20-19(21,22)16(13-6-2-1-3-7-13)11-18(25)24-15-10-14-8-4-5-9-17(14)23-12-15/h1-12H,(H,24,25)/b16-11-. The van der Waals surface area contributed by atoms with Gasteiger partial charge in [0.15, 0.2) is 0 Å². The van der Waals surface area contributed by atoms with Crippen LogP contribution >= 0.6 is 0 Å². The number of amides is 1. The van der Waals surface area contributed by atoms with E-state index >= 15 is 0 Å². The van der Waals surface area contributed by atoms with Gasteiger partial charge in [0.2, 0.25) is 5.91 Å². The third-order valence-electron chi connectivity index (χ3n) is 3.52. The largest absolute Gasteiger partial charge is 0.417 e. The predicted octanol–water partition coefficient (Wildman–Crippen LogP) is 4.82. The summed E-state index contributed by atoms with van der Waals surface area (Å²) in [6, 6.07) is 16.1. The highest BCUT2D eigenvalue weighted by Crippen LogP contribution is 2.33. The summed E-state index contributed by atoms with van der Waals surface area (Å²) in [7, 11) is 0. The number of halogens is 3. The van der Waals surface area contributed by atoms with Crippen molar-refractivity contribution in [2.24, 2.45) is 0 Å². The lowest BCUT2D eigenvalue weighted by molar-refractivity contribution is -0.112. The molecule has 126 valence electrons. The van der Waals surface area contributed by atoms with Crippen molar-refractivity contribution in [1.82, 2.24) is 4.98 Å². The summed E-state index contributed by atoms with van der Waals surface area (Å²) >= 11 is 0. The topological polar surface area (TPSA) is 42.0 Å². The molecule has 0 bridgehead atoms. The summed E-state index contributed by atoms with van der Waals surface area (Å²) < 4.78 is 39.8. The van der Waals surface area contributed by atoms with Gasteiger partial charge in [0.05, 0.1) is 23.0 Å². The minimum absolute atomic E-state index is 0.0678. The Morgan fingerprint density at radius 2 is 1.68 bits per heavy atom. The Balaban J connectivity index is 1.88. The Kier molecular flexibility index (Phi) is 4.52. The van der Waals surface area contributed by atoms with E-state index in [1.807, 2.05) is 12.1 Å². The molecule has 3 rings (SSSR count). The Morgan fingerprint density at radius 3 is 2.40 bits per heavy atom. The summed E-state index contributed by atoms with van der Waals surface area (Å²) in [4.78, 5) is 16.2. The number of hydrogen-bond donors (Lipinski definition) is 1. The molecule has 0 fully saturated rings. The molecular weight excluding hydrogens is 329 g/mol. The lowest BCUT2D eigenvalue weighted by Crippen LogP contribution is -2.16. The van der Waals surface area contributed by atoms with Crippen molar-refractivity contribution in [2.45, 2.75) is 6.18 Å². The summed E-state index contributed by atoms with van der Waals surface area (Å²) in [6.07, 6.45) is -2.67. The van der Waals surface area contributed by atoms with Crippen molar-refractivity contribution in [2.75, 3.05) is 5.32 Å². The first-order valence-corrected chi connectivity index (χ1v) is 7.43. The smallest absolute Gasteiger partial charge is 0.321 e. The van der Waals surface area contributed by atoms with E-state index in [-0.39, 0.29) is 5.56 Å². The number of anilines is 1. The van der Waals surface area contributed by atoms with E-state index in [1.165, 1.54) is 30.5 Å². The second-order valence-electron chi connectivity index (χ2n) is 5.33. The number of benzene rings is 2. The fraction of sp³-hybridized carbons (Fsp3) is 0.0526. The highest BCUT2D eigenvalue weighted by molar-refractivity contribution is 6.05. The third-order valence-corrected chi connectivity index (χ3v) is 3.52. The van der Waals surface area contributed by atoms with Crippen molar-refractivity contribution in [3.8, 4) is 0 Å². The van der Waals surface area contributed by atoms with E-state index < -0.39 is 17.7 Å². The van der Waals surface area contributed by atoms with Gasteiger partial charge in [-0.05, 0) is 17.7 Å². The van der Waals surface area contributed by atoms with Gasteiger partial charge in [-0.1, -0.05) is 48.5 Å². The van der Waals surface area contributed by atoms with Gasteiger partial charge < -0.3 is 5.32 Å². The quantitative estimate of drug-likeness (QED) is 0.694. The van der Waals surface area contributed by atoms with E-state index in [0.29, 0.717) is 11.8 Å². The molecule has 0 spiro atoms. The molecule has 3 aromatic rings. The van der Waals surface area contributed by atoms with E-state index in [9.17, 15) is 18.0 Å². The number of aromatic nitrogens is 1. The van der Waals surface area contributed by atoms with Gasteiger partial charge in [0.1, 0.15) is 0 Å². The zero-order valence-electron chi connectivity index (χ0n) is 12.9. The molecule has 1 aromatic heterocycles. The van der Waals surface area contributed by atoms with Crippen molar-refractivity contribution < 1.29 is 18.0 Å². The maximum atomic E-state index is 13.3. The minimum atomic E-state index is -4.64. The summed E-state index contributed by atoms with van der Waals surface area (Å²) in [6.45, 7) is 0. The monoisotopic (exact) mass is 342 g/mol. The zero-order chi connectivity index (χ0) is 17.9. The van der Waals surface area contributed by atoms with Gasteiger partial charge in [-0.3, -0.25) is 9.78 Å². The first-order chi connectivity index (χ1) is 11.9. The number of pyridine rings is 1. The van der Waals surface area contributed by atoms with Crippen LogP contribution in [0.25, 0.3) is 16.5 Å². The number of carbonyl (C=O) groups is 1. The summed E-state index contributed by atoms with van der Waals surface area (Å²) in [5.41, 5.74) is -0.00743. The van der Waals surface area contributed by atoms with Gasteiger partial charge in [-0.2, -0.15) is 13.2 Å². The molecule has 6 heteroatoms. The molecule has 2 aromatic carbocycles. The van der Waals surface area contributed by atoms with E-state index in [1.54, 1.807) is 24.3 Å².